The van der Waals surface area contributed by atoms with Crippen LogP contribution < -0.4 is 0 Å². The molecule has 1 aliphatic rings. The number of amides is 2. The van der Waals surface area contributed by atoms with Crippen LogP contribution >= 0.6 is 11.3 Å². The zero-order valence-corrected chi connectivity index (χ0v) is 10.9. The van der Waals surface area contributed by atoms with E-state index in [0.717, 1.165) is 11.3 Å². The number of nitrogens with zero attached hydrogens (tertiary/aromatic N) is 2. The molecule has 0 unspecified atom stereocenters. The predicted molar refractivity (Wildman–Crippen MR) is 67.2 cm³/mol. The van der Waals surface area contributed by atoms with Crippen LogP contribution in [0.3, 0.4) is 0 Å². The predicted octanol–water partition coefficient (Wildman–Crippen LogP) is 1.22. The molecule has 1 saturated heterocycles. The van der Waals surface area contributed by atoms with Gasteiger partial charge in [-0.3, -0.25) is 9.59 Å². The second kappa shape index (κ2) is 4.87. The lowest BCUT2D eigenvalue weighted by atomic mass is 10.2. The van der Waals surface area contributed by atoms with Crippen molar-refractivity contribution in [3.05, 3.63) is 21.9 Å². The molecule has 1 aromatic heterocycles. The van der Waals surface area contributed by atoms with Gasteiger partial charge in [0.15, 0.2) is 0 Å². The molecule has 1 aliphatic heterocycles. The molecular formula is C12H16N2O2S. The van der Waals surface area contributed by atoms with Gasteiger partial charge in [0.2, 0.25) is 5.91 Å². The quantitative estimate of drug-likeness (QED) is 0.794. The van der Waals surface area contributed by atoms with Gasteiger partial charge in [0.25, 0.3) is 5.91 Å². The van der Waals surface area contributed by atoms with E-state index in [1.54, 1.807) is 16.8 Å². The molecule has 0 bridgehead atoms. The lowest BCUT2D eigenvalue weighted by Gasteiger charge is -2.31. The highest BCUT2D eigenvalue weighted by atomic mass is 32.1. The number of thiophene rings is 1. The summed E-state index contributed by atoms with van der Waals surface area (Å²) in [5.41, 5.74) is 1.18. The fourth-order valence-corrected chi connectivity index (χ4v) is 2.72. The molecule has 1 aromatic rings. The van der Waals surface area contributed by atoms with E-state index in [9.17, 15) is 9.59 Å². The van der Waals surface area contributed by atoms with Gasteiger partial charge in [0.1, 0.15) is 6.54 Å². The number of hydrogen-bond donors (Lipinski definition) is 0. The van der Waals surface area contributed by atoms with E-state index < -0.39 is 0 Å². The highest BCUT2D eigenvalue weighted by Gasteiger charge is 2.26. The summed E-state index contributed by atoms with van der Waals surface area (Å²) in [6.07, 6.45) is 0.936. The molecule has 17 heavy (non-hydrogen) atoms. The first kappa shape index (κ1) is 12.1. The van der Waals surface area contributed by atoms with E-state index in [2.05, 4.69) is 6.92 Å². The van der Waals surface area contributed by atoms with Crippen LogP contribution in [0.4, 0.5) is 0 Å². The Morgan fingerprint density at radius 1 is 1.47 bits per heavy atom. The molecule has 0 radical (unpaired) electrons. The molecule has 2 rings (SSSR count). The smallest absolute Gasteiger partial charge is 0.264 e. The largest absolute Gasteiger partial charge is 0.342 e. The Balaban J connectivity index is 2.07. The minimum Gasteiger partial charge on any atom is -0.342 e. The highest BCUT2D eigenvalue weighted by molar-refractivity contribution is 7.12. The summed E-state index contributed by atoms with van der Waals surface area (Å²) in [7, 11) is 1.77. The minimum atomic E-state index is -0.0175. The molecule has 5 heteroatoms. The molecule has 0 N–H and O–H groups in total. The van der Waals surface area contributed by atoms with Gasteiger partial charge < -0.3 is 9.80 Å². The van der Waals surface area contributed by atoms with Crippen molar-refractivity contribution >= 4 is 23.2 Å². The summed E-state index contributed by atoms with van der Waals surface area (Å²) in [5, 5.41) is 2.01. The first-order valence-electron chi connectivity index (χ1n) is 5.72. The van der Waals surface area contributed by atoms with Gasteiger partial charge >= 0.3 is 0 Å². The average molecular weight is 252 g/mol. The molecule has 2 heterocycles. The molecule has 0 saturated carbocycles. The van der Waals surface area contributed by atoms with E-state index in [-0.39, 0.29) is 18.4 Å². The second-order valence-electron chi connectivity index (χ2n) is 4.21. The molecule has 0 aliphatic carbocycles. The van der Waals surface area contributed by atoms with Crippen LogP contribution in [0, 0.1) is 0 Å². The molecule has 2 amide bonds. The van der Waals surface area contributed by atoms with Gasteiger partial charge in [-0.1, -0.05) is 6.92 Å². The van der Waals surface area contributed by atoms with Crippen molar-refractivity contribution in [1.82, 2.24) is 9.80 Å². The van der Waals surface area contributed by atoms with Crippen LogP contribution in [0.25, 0.3) is 0 Å². The first-order chi connectivity index (χ1) is 8.11. The lowest BCUT2D eigenvalue weighted by molar-refractivity contribution is -0.133. The maximum Gasteiger partial charge on any atom is 0.264 e. The Hall–Kier alpha value is -1.36. The van der Waals surface area contributed by atoms with Crippen LogP contribution in [0.2, 0.25) is 0 Å². The molecular weight excluding hydrogens is 236 g/mol. The number of carbonyl (C=O) groups is 2. The number of rotatable bonds is 2. The lowest BCUT2D eigenvalue weighted by Crippen LogP contribution is -2.50. The van der Waals surface area contributed by atoms with Crippen LogP contribution in [0.5, 0.6) is 0 Å². The molecule has 0 spiro atoms. The summed E-state index contributed by atoms with van der Waals surface area (Å²) < 4.78 is 0. The summed E-state index contributed by atoms with van der Waals surface area (Å²) in [6, 6.07) is 1.93. The SMILES string of the molecule is CCc1csc(C(=O)N2CCN(C)C(=O)C2)c1. The Morgan fingerprint density at radius 3 is 2.82 bits per heavy atom. The number of aryl methyl sites for hydroxylation is 1. The Morgan fingerprint density at radius 2 is 2.24 bits per heavy atom. The van der Waals surface area contributed by atoms with Gasteiger partial charge in [-0.2, -0.15) is 0 Å². The third kappa shape index (κ3) is 2.49. The Labute approximate surface area is 105 Å². The number of carbonyl (C=O) groups excluding carboxylic acids is 2. The molecule has 0 aromatic carbocycles. The number of piperazine rings is 1. The second-order valence-corrected chi connectivity index (χ2v) is 5.13. The molecule has 1 fully saturated rings. The van der Waals surface area contributed by atoms with Crippen molar-refractivity contribution in [3.63, 3.8) is 0 Å². The molecule has 0 atom stereocenters. The maximum atomic E-state index is 12.1. The summed E-state index contributed by atoms with van der Waals surface area (Å²) in [6.45, 7) is 3.52. The topological polar surface area (TPSA) is 40.6 Å². The monoisotopic (exact) mass is 252 g/mol. The zero-order chi connectivity index (χ0) is 12.4. The van der Waals surface area contributed by atoms with Crippen molar-refractivity contribution in [2.45, 2.75) is 13.3 Å². The fraction of sp³-hybridized carbons (Fsp3) is 0.500. The van der Waals surface area contributed by atoms with E-state index >= 15 is 0 Å². The third-order valence-corrected chi connectivity index (χ3v) is 3.98. The normalized spacial score (nSPS) is 16.5. The fourth-order valence-electron chi connectivity index (χ4n) is 1.76. The van der Waals surface area contributed by atoms with Crippen LogP contribution in [0.15, 0.2) is 11.4 Å². The van der Waals surface area contributed by atoms with Gasteiger partial charge in [0, 0.05) is 20.1 Å². The standard InChI is InChI=1S/C12H16N2O2S/c1-3-9-6-10(17-8-9)12(16)14-5-4-13(2)11(15)7-14/h6,8H,3-5,7H2,1-2H3. The highest BCUT2D eigenvalue weighted by Crippen LogP contribution is 2.18. The van der Waals surface area contributed by atoms with Crippen molar-refractivity contribution in [3.8, 4) is 0 Å². The maximum absolute atomic E-state index is 12.1. The zero-order valence-electron chi connectivity index (χ0n) is 10.1. The van der Waals surface area contributed by atoms with Crippen LogP contribution in [0.1, 0.15) is 22.2 Å². The number of hydrogen-bond acceptors (Lipinski definition) is 3. The van der Waals surface area contributed by atoms with Crippen molar-refractivity contribution in [2.24, 2.45) is 0 Å². The summed E-state index contributed by atoms with van der Waals surface area (Å²) in [4.78, 5) is 27.7. The van der Waals surface area contributed by atoms with Crippen molar-refractivity contribution in [2.75, 3.05) is 26.7 Å². The summed E-state index contributed by atoms with van der Waals surface area (Å²) >= 11 is 1.46. The number of likely N-dealkylation sites (N-methyl/N-ethyl adjacent to an activating group) is 1. The first-order valence-corrected chi connectivity index (χ1v) is 6.60. The van der Waals surface area contributed by atoms with Gasteiger partial charge in [-0.05, 0) is 23.4 Å². The van der Waals surface area contributed by atoms with Gasteiger partial charge in [0.05, 0.1) is 4.88 Å². The van der Waals surface area contributed by atoms with E-state index in [1.807, 2.05) is 11.4 Å². The van der Waals surface area contributed by atoms with Crippen LogP contribution in [-0.2, 0) is 11.2 Å². The Bertz CT molecular complexity index is 441. The average Bonchev–Trinajstić information content (AvgIpc) is 2.80. The van der Waals surface area contributed by atoms with Crippen molar-refractivity contribution < 1.29 is 9.59 Å². The van der Waals surface area contributed by atoms with E-state index in [0.29, 0.717) is 13.1 Å². The van der Waals surface area contributed by atoms with E-state index in [4.69, 9.17) is 0 Å². The third-order valence-electron chi connectivity index (χ3n) is 3.02. The van der Waals surface area contributed by atoms with E-state index in [1.165, 1.54) is 16.9 Å². The Kier molecular flexibility index (Phi) is 3.47. The van der Waals surface area contributed by atoms with Crippen molar-refractivity contribution in [1.29, 1.82) is 0 Å². The van der Waals surface area contributed by atoms with Crippen LogP contribution in [-0.4, -0.2) is 48.3 Å². The molecule has 92 valence electrons. The van der Waals surface area contributed by atoms with Gasteiger partial charge in [-0.15, -0.1) is 11.3 Å². The molecule has 4 nitrogen and oxygen atoms in total. The van der Waals surface area contributed by atoms with Gasteiger partial charge in [-0.25, -0.2) is 0 Å². The minimum absolute atomic E-state index is 0.0110. The summed E-state index contributed by atoms with van der Waals surface area (Å²) in [5.74, 6) is -0.00646.